The third-order valence-corrected chi connectivity index (χ3v) is 1.92. The van der Waals surface area contributed by atoms with Crippen molar-refractivity contribution in [3.63, 3.8) is 0 Å². The van der Waals surface area contributed by atoms with Crippen LogP contribution in [0.25, 0.3) is 0 Å². The predicted molar refractivity (Wildman–Crippen MR) is 47.3 cm³/mol. The van der Waals surface area contributed by atoms with Crippen LogP contribution >= 0.6 is 0 Å². The molecule has 1 N–H and O–H groups in total. The summed E-state index contributed by atoms with van der Waals surface area (Å²) in [4.78, 5) is 10.6. The van der Waals surface area contributed by atoms with Gasteiger partial charge in [-0.05, 0) is 12.1 Å². The molecular formula is C9H4F5NO3. The molecule has 1 aliphatic heterocycles. The number of carbonyl (C=O) groups excluding carboxylic acids is 1. The van der Waals surface area contributed by atoms with E-state index >= 15 is 0 Å². The van der Waals surface area contributed by atoms with E-state index < -0.39 is 24.1 Å². The third kappa shape index (κ3) is 2.44. The van der Waals surface area contributed by atoms with Crippen LogP contribution in [0.15, 0.2) is 18.2 Å². The number of rotatable bonds is 1. The van der Waals surface area contributed by atoms with Gasteiger partial charge in [-0.25, -0.2) is 0 Å². The summed E-state index contributed by atoms with van der Waals surface area (Å²) in [5.74, 6) is -3.00. The van der Waals surface area contributed by atoms with Crippen LogP contribution in [0.1, 0.15) is 0 Å². The van der Waals surface area contributed by atoms with Gasteiger partial charge in [0.25, 0.3) is 0 Å². The molecule has 2 rings (SSSR count). The number of hydrogen-bond donors (Lipinski definition) is 1. The number of fused-ring (bicyclic) bond motifs is 1. The first-order valence-corrected chi connectivity index (χ1v) is 4.45. The van der Waals surface area contributed by atoms with Gasteiger partial charge >= 0.3 is 18.4 Å². The Hall–Kier alpha value is -2.06. The van der Waals surface area contributed by atoms with Crippen LogP contribution in [0, 0.1) is 0 Å². The zero-order valence-electron chi connectivity index (χ0n) is 8.35. The van der Waals surface area contributed by atoms with Gasteiger partial charge in [-0.15, -0.1) is 8.78 Å². The average Bonchev–Trinajstić information content (AvgIpc) is 2.49. The number of anilines is 1. The van der Waals surface area contributed by atoms with Crippen LogP contribution in [0.5, 0.6) is 11.5 Å². The minimum absolute atomic E-state index is 0.329. The van der Waals surface area contributed by atoms with Crippen molar-refractivity contribution in [2.45, 2.75) is 12.5 Å². The molecule has 0 fully saturated rings. The Bertz CT molecular complexity index is 499. The lowest BCUT2D eigenvalue weighted by Gasteiger charge is -2.08. The molecule has 9 heteroatoms. The Balaban J connectivity index is 2.17. The number of benzene rings is 1. The standard InChI is InChI=1S/C9H4F5NO3/c10-8(11,12)7(16)15-4-1-2-5-6(3-4)18-9(13,14)17-5/h1-3H,(H,15,16). The van der Waals surface area contributed by atoms with E-state index in [9.17, 15) is 26.7 Å². The lowest BCUT2D eigenvalue weighted by Crippen LogP contribution is -2.29. The quantitative estimate of drug-likeness (QED) is 0.797. The fourth-order valence-electron chi connectivity index (χ4n) is 1.23. The molecule has 0 bridgehead atoms. The van der Waals surface area contributed by atoms with Gasteiger partial charge in [0.05, 0.1) is 0 Å². The number of ether oxygens (including phenoxy) is 2. The Kier molecular flexibility index (Phi) is 2.56. The first-order valence-electron chi connectivity index (χ1n) is 4.45. The van der Waals surface area contributed by atoms with Crippen molar-refractivity contribution in [3.05, 3.63) is 18.2 Å². The SMILES string of the molecule is O=C(Nc1ccc2c(c1)OC(F)(F)O2)C(F)(F)F. The van der Waals surface area contributed by atoms with Gasteiger partial charge in [0.15, 0.2) is 11.5 Å². The Morgan fingerprint density at radius 2 is 1.78 bits per heavy atom. The van der Waals surface area contributed by atoms with Gasteiger partial charge in [-0.1, -0.05) is 0 Å². The van der Waals surface area contributed by atoms with E-state index in [1.54, 1.807) is 0 Å². The molecule has 1 aromatic rings. The number of nitrogens with one attached hydrogen (secondary N) is 1. The van der Waals surface area contributed by atoms with Crippen LogP contribution < -0.4 is 14.8 Å². The summed E-state index contributed by atoms with van der Waals surface area (Å²) in [6.45, 7) is 0. The Morgan fingerprint density at radius 1 is 1.17 bits per heavy atom. The van der Waals surface area contributed by atoms with Crippen molar-refractivity contribution >= 4 is 11.6 Å². The van der Waals surface area contributed by atoms with E-state index in [-0.39, 0.29) is 11.4 Å². The molecule has 0 unspecified atom stereocenters. The molecule has 18 heavy (non-hydrogen) atoms. The number of hydrogen-bond acceptors (Lipinski definition) is 3. The molecule has 4 nitrogen and oxygen atoms in total. The molecule has 1 aliphatic rings. The summed E-state index contributed by atoms with van der Waals surface area (Å²) >= 11 is 0. The van der Waals surface area contributed by atoms with Crippen molar-refractivity contribution in [2.24, 2.45) is 0 Å². The summed E-state index contributed by atoms with van der Waals surface area (Å²) in [5.41, 5.74) is -0.336. The molecule has 0 spiro atoms. The van der Waals surface area contributed by atoms with Gasteiger partial charge < -0.3 is 14.8 Å². The Labute approximate surface area is 96.3 Å². The van der Waals surface area contributed by atoms with Gasteiger partial charge in [-0.3, -0.25) is 4.79 Å². The van der Waals surface area contributed by atoms with Crippen LogP contribution in [-0.4, -0.2) is 18.4 Å². The highest BCUT2D eigenvalue weighted by Gasteiger charge is 2.44. The van der Waals surface area contributed by atoms with Crippen LogP contribution in [0.4, 0.5) is 27.6 Å². The fraction of sp³-hybridized carbons (Fsp3) is 0.222. The zero-order chi connectivity index (χ0) is 13.6. The topological polar surface area (TPSA) is 47.6 Å². The highest BCUT2D eigenvalue weighted by atomic mass is 19.4. The van der Waals surface area contributed by atoms with E-state index in [1.165, 1.54) is 5.32 Å². The first-order chi connectivity index (χ1) is 8.17. The number of amides is 1. The third-order valence-electron chi connectivity index (χ3n) is 1.92. The van der Waals surface area contributed by atoms with Crippen molar-refractivity contribution in [2.75, 3.05) is 5.32 Å². The van der Waals surface area contributed by atoms with E-state index in [2.05, 4.69) is 9.47 Å². The van der Waals surface area contributed by atoms with Gasteiger partial charge in [-0.2, -0.15) is 13.2 Å². The smallest absolute Gasteiger partial charge is 0.395 e. The summed E-state index contributed by atoms with van der Waals surface area (Å²) in [5, 5.41) is 1.49. The van der Waals surface area contributed by atoms with Crippen molar-refractivity contribution in [1.29, 1.82) is 0 Å². The first kappa shape index (κ1) is 12.4. The zero-order valence-corrected chi connectivity index (χ0v) is 8.35. The van der Waals surface area contributed by atoms with Crippen LogP contribution in [0.3, 0.4) is 0 Å². The predicted octanol–water partition coefficient (Wildman–Crippen LogP) is 2.51. The molecule has 0 saturated heterocycles. The lowest BCUT2D eigenvalue weighted by molar-refractivity contribution is -0.286. The average molecular weight is 269 g/mol. The van der Waals surface area contributed by atoms with E-state index in [0.29, 0.717) is 0 Å². The van der Waals surface area contributed by atoms with Crippen LogP contribution in [0.2, 0.25) is 0 Å². The molecule has 0 saturated carbocycles. The highest BCUT2D eigenvalue weighted by molar-refractivity contribution is 5.95. The van der Waals surface area contributed by atoms with Crippen LogP contribution in [-0.2, 0) is 4.79 Å². The Morgan fingerprint density at radius 3 is 2.39 bits per heavy atom. The molecule has 98 valence electrons. The van der Waals surface area contributed by atoms with E-state index in [0.717, 1.165) is 18.2 Å². The van der Waals surface area contributed by atoms with E-state index in [4.69, 9.17) is 0 Å². The number of alkyl halides is 5. The molecule has 1 aromatic carbocycles. The maximum absolute atomic E-state index is 12.6. The highest BCUT2D eigenvalue weighted by Crippen LogP contribution is 2.42. The van der Waals surface area contributed by atoms with Crippen molar-refractivity contribution in [1.82, 2.24) is 0 Å². The van der Waals surface area contributed by atoms with Gasteiger partial charge in [0.2, 0.25) is 0 Å². The summed E-state index contributed by atoms with van der Waals surface area (Å²) in [7, 11) is 0. The van der Waals surface area contributed by atoms with Gasteiger partial charge in [0, 0.05) is 11.8 Å². The molecule has 0 atom stereocenters. The number of halogens is 5. The van der Waals surface area contributed by atoms with Crippen molar-refractivity contribution in [3.8, 4) is 11.5 Å². The molecule has 0 aliphatic carbocycles. The second kappa shape index (κ2) is 3.72. The second-order valence-corrected chi connectivity index (χ2v) is 3.28. The lowest BCUT2D eigenvalue weighted by atomic mass is 10.3. The maximum atomic E-state index is 12.6. The molecule has 0 aromatic heterocycles. The fourth-order valence-corrected chi connectivity index (χ4v) is 1.23. The number of carbonyl (C=O) groups is 1. The van der Waals surface area contributed by atoms with Gasteiger partial charge in [0.1, 0.15) is 0 Å². The summed E-state index contributed by atoms with van der Waals surface area (Å²) < 4.78 is 69.1. The summed E-state index contributed by atoms with van der Waals surface area (Å²) in [6, 6.07) is 2.75. The molecule has 1 amide bonds. The second-order valence-electron chi connectivity index (χ2n) is 3.28. The molecule has 1 heterocycles. The largest absolute Gasteiger partial charge is 0.586 e. The molecular weight excluding hydrogens is 265 g/mol. The minimum atomic E-state index is -5.07. The minimum Gasteiger partial charge on any atom is -0.395 e. The normalized spacial score (nSPS) is 16.5. The van der Waals surface area contributed by atoms with Crippen molar-refractivity contribution < 1.29 is 36.2 Å². The monoisotopic (exact) mass is 269 g/mol. The summed E-state index contributed by atoms with van der Waals surface area (Å²) in [6.07, 6.45) is -8.94. The maximum Gasteiger partial charge on any atom is 0.586 e. The van der Waals surface area contributed by atoms with E-state index in [1.807, 2.05) is 0 Å². The molecule has 0 radical (unpaired) electrons.